The standard InChI is InChI=1S/C22H20N4O/c1-22(2,27)21-24-19-15-18(13-14-26(19)25-21)23-20(16-9-5-3-6-10-16)17-11-7-4-8-12-17/h3-15,27H,1-2H3. The van der Waals surface area contributed by atoms with Crippen molar-refractivity contribution >= 4 is 17.0 Å². The second kappa shape index (κ2) is 6.78. The van der Waals surface area contributed by atoms with Gasteiger partial charge in [0.15, 0.2) is 11.5 Å². The predicted octanol–water partition coefficient (Wildman–Crippen LogP) is 4.13. The average Bonchev–Trinajstić information content (AvgIpc) is 3.11. The summed E-state index contributed by atoms with van der Waals surface area (Å²) in [5.41, 5.74) is 3.32. The molecule has 0 fully saturated rings. The summed E-state index contributed by atoms with van der Waals surface area (Å²) in [7, 11) is 0. The van der Waals surface area contributed by atoms with E-state index >= 15 is 0 Å². The van der Waals surface area contributed by atoms with Crippen molar-refractivity contribution in [1.82, 2.24) is 14.6 Å². The lowest BCUT2D eigenvalue weighted by Crippen LogP contribution is -2.17. The van der Waals surface area contributed by atoms with Crippen LogP contribution in [0.15, 0.2) is 84.0 Å². The van der Waals surface area contributed by atoms with Crippen LogP contribution in [0.1, 0.15) is 30.8 Å². The first kappa shape index (κ1) is 17.1. The van der Waals surface area contributed by atoms with Crippen LogP contribution in [-0.4, -0.2) is 25.4 Å². The van der Waals surface area contributed by atoms with Crippen molar-refractivity contribution < 1.29 is 5.11 Å². The van der Waals surface area contributed by atoms with E-state index in [9.17, 15) is 5.11 Å². The van der Waals surface area contributed by atoms with Gasteiger partial charge in [0.05, 0.1) is 11.4 Å². The Morgan fingerprint density at radius 2 is 1.52 bits per heavy atom. The van der Waals surface area contributed by atoms with Gasteiger partial charge in [-0.1, -0.05) is 60.7 Å². The van der Waals surface area contributed by atoms with E-state index in [1.807, 2.05) is 79.0 Å². The molecule has 27 heavy (non-hydrogen) atoms. The van der Waals surface area contributed by atoms with Gasteiger partial charge in [-0.05, 0) is 19.9 Å². The topological polar surface area (TPSA) is 62.8 Å². The molecule has 2 aromatic heterocycles. The van der Waals surface area contributed by atoms with Crippen LogP contribution in [0.2, 0.25) is 0 Å². The first-order valence-electron chi connectivity index (χ1n) is 8.79. The van der Waals surface area contributed by atoms with E-state index in [1.54, 1.807) is 18.4 Å². The highest BCUT2D eigenvalue weighted by Gasteiger charge is 2.22. The largest absolute Gasteiger partial charge is 0.382 e. The van der Waals surface area contributed by atoms with Gasteiger partial charge in [-0.2, -0.15) is 0 Å². The maximum atomic E-state index is 10.1. The molecule has 0 amide bonds. The monoisotopic (exact) mass is 356 g/mol. The molecular weight excluding hydrogens is 336 g/mol. The van der Waals surface area contributed by atoms with Crippen LogP contribution in [0, 0.1) is 0 Å². The number of fused-ring (bicyclic) bond motifs is 1. The normalized spacial score (nSPS) is 11.5. The van der Waals surface area contributed by atoms with Gasteiger partial charge in [0.1, 0.15) is 5.60 Å². The third-order valence-electron chi connectivity index (χ3n) is 4.20. The molecule has 0 radical (unpaired) electrons. The van der Waals surface area contributed by atoms with Crippen LogP contribution >= 0.6 is 0 Å². The second-order valence-electron chi connectivity index (χ2n) is 6.87. The molecule has 0 atom stereocenters. The SMILES string of the molecule is CC(C)(O)c1nc2cc(N=C(c3ccccc3)c3ccccc3)ccn2n1. The molecule has 0 saturated carbocycles. The fraction of sp³-hybridized carbons (Fsp3) is 0.136. The summed E-state index contributed by atoms with van der Waals surface area (Å²) < 4.78 is 1.65. The number of hydrogen-bond acceptors (Lipinski definition) is 4. The zero-order chi connectivity index (χ0) is 18.9. The molecule has 0 aliphatic rings. The van der Waals surface area contributed by atoms with Gasteiger partial charge >= 0.3 is 0 Å². The minimum absolute atomic E-state index is 0.384. The average molecular weight is 356 g/mol. The summed E-state index contributed by atoms with van der Waals surface area (Å²) in [6.45, 7) is 3.34. The molecule has 4 aromatic rings. The molecule has 5 heteroatoms. The van der Waals surface area contributed by atoms with E-state index in [4.69, 9.17) is 4.99 Å². The van der Waals surface area contributed by atoms with E-state index in [0.717, 1.165) is 22.5 Å². The molecule has 134 valence electrons. The molecule has 0 saturated heterocycles. The van der Waals surface area contributed by atoms with Crippen LogP contribution in [0.25, 0.3) is 5.65 Å². The minimum Gasteiger partial charge on any atom is -0.382 e. The summed E-state index contributed by atoms with van der Waals surface area (Å²) in [4.78, 5) is 9.32. The van der Waals surface area contributed by atoms with E-state index in [0.29, 0.717) is 11.5 Å². The zero-order valence-corrected chi connectivity index (χ0v) is 15.2. The fourth-order valence-corrected chi connectivity index (χ4v) is 2.82. The number of aliphatic hydroxyl groups is 1. The molecule has 0 unspecified atom stereocenters. The van der Waals surface area contributed by atoms with Crippen molar-refractivity contribution in [1.29, 1.82) is 0 Å². The van der Waals surface area contributed by atoms with Gasteiger partial charge in [-0.3, -0.25) is 0 Å². The Balaban J connectivity index is 1.83. The first-order chi connectivity index (χ1) is 13.0. The summed E-state index contributed by atoms with van der Waals surface area (Å²) in [5, 5.41) is 14.5. The molecule has 0 aliphatic heterocycles. The molecular formula is C22H20N4O. The van der Waals surface area contributed by atoms with Crippen molar-refractivity contribution in [2.75, 3.05) is 0 Å². The highest BCUT2D eigenvalue weighted by Crippen LogP contribution is 2.21. The highest BCUT2D eigenvalue weighted by molar-refractivity contribution is 6.13. The predicted molar refractivity (Wildman–Crippen MR) is 106 cm³/mol. The molecule has 0 aliphatic carbocycles. The Morgan fingerprint density at radius 1 is 0.926 bits per heavy atom. The van der Waals surface area contributed by atoms with Gasteiger partial charge < -0.3 is 5.11 Å². The minimum atomic E-state index is -1.09. The van der Waals surface area contributed by atoms with Gasteiger partial charge in [-0.15, -0.1) is 5.10 Å². The van der Waals surface area contributed by atoms with Gasteiger partial charge in [0.25, 0.3) is 0 Å². The van der Waals surface area contributed by atoms with Crippen LogP contribution in [0.4, 0.5) is 5.69 Å². The highest BCUT2D eigenvalue weighted by atomic mass is 16.3. The van der Waals surface area contributed by atoms with Crippen molar-refractivity contribution in [2.45, 2.75) is 19.4 Å². The lowest BCUT2D eigenvalue weighted by molar-refractivity contribution is 0.0690. The van der Waals surface area contributed by atoms with Gasteiger partial charge in [0, 0.05) is 23.4 Å². The molecule has 0 spiro atoms. The van der Waals surface area contributed by atoms with Crippen LogP contribution in [0.5, 0.6) is 0 Å². The quantitative estimate of drug-likeness (QED) is 0.559. The number of aliphatic imine (C=N–C) groups is 1. The molecule has 2 aromatic carbocycles. The molecule has 4 rings (SSSR count). The van der Waals surface area contributed by atoms with Crippen LogP contribution in [0.3, 0.4) is 0 Å². The molecule has 2 heterocycles. The van der Waals surface area contributed by atoms with Crippen molar-refractivity contribution in [2.24, 2.45) is 4.99 Å². The summed E-state index contributed by atoms with van der Waals surface area (Å²) in [6, 6.07) is 24.0. The number of benzene rings is 2. The second-order valence-corrected chi connectivity index (χ2v) is 6.87. The first-order valence-corrected chi connectivity index (χ1v) is 8.79. The smallest absolute Gasteiger partial charge is 0.182 e. The third kappa shape index (κ3) is 3.64. The zero-order valence-electron chi connectivity index (χ0n) is 15.2. The van der Waals surface area contributed by atoms with Gasteiger partial charge in [-0.25, -0.2) is 14.5 Å². The Kier molecular flexibility index (Phi) is 4.30. The van der Waals surface area contributed by atoms with Crippen molar-refractivity contribution in [3.63, 3.8) is 0 Å². The lowest BCUT2D eigenvalue weighted by Gasteiger charge is -2.10. The maximum Gasteiger partial charge on any atom is 0.182 e. The maximum absolute atomic E-state index is 10.1. The van der Waals surface area contributed by atoms with Crippen molar-refractivity contribution in [3.05, 3.63) is 95.9 Å². The summed E-state index contributed by atoms with van der Waals surface area (Å²) >= 11 is 0. The summed E-state index contributed by atoms with van der Waals surface area (Å²) in [5.74, 6) is 0.384. The van der Waals surface area contributed by atoms with E-state index < -0.39 is 5.60 Å². The number of pyridine rings is 1. The van der Waals surface area contributed by atoms with Crippen LogP contribution in [-0.2, 0) is 5.60 Å². The number of hydrogen-bond donors (Lipinski definition) is 1. The number of aromatic nitrogens is 3. The fourth-order valence-electron chi connectivity index (χ4n) is 2.82. The molecule has 0 bridgehead atoms. The summed E-state index contributed by atoms with van der Waals surface area (Å²) in [6.07, 6.45) is 1.81. The van der Waals surface area contributed by atoms with Crippen LogP contribution < -0.4 is 0 Å². The Labute approximate surface area is 157 Å². The van der Waals surface area contributed by atoms with E-state index in [1.165, 1.54) is 0 Å². The number of rotatable bonds is 4. The van der Waals surface area contributed by atoms with Crippen molar-refractivity contribution in [3.8, 4) is 0 Å². The number of nitrogens with zero attached hydrogens (tertiary/aromatic N) is 4. The Bertz CT molecular complexity index is 1050. The molecule has 5 nitrogen and oxygen atoms in total. The Morgan fingerprint density at radius 3 is 2.07 bits per heavy atom. The van der Waals surface area contributed by atoms with E-state index in [2.05, 4.69) is 10.1 Å². The Hall–Kier alpha value is -3.31. The lowest BCUT2D eigenvalue weighted by atomic mass is 10.0. The van der Waals surface area contributed by atoms with Gasteiger partial charge in [0.2, 0.25) is 0 Å². The third-order valence-corrected chi connectivity index (χ3v) is 4.20. The van der Waals surface area contributed by atoms with E-state index in [-0.39, 0.29) is 0 Å². The molecule has 1 N–H and O–H groups in total.